The Kier molecular flexibility index (Phi) is 4.64. The van der Waals surface area contributed by atoms with Gasteiger partial charge in [0.1, 0.15) is 6.04 Å². The number of carbonyl (C=O) groups is 1. The smallest absolute Gasteiger partial charge is 0.247 e. The second kappa shape index (κ2) is 6.70. The molecule has 1 amide bonds. The van der Waals surface area contributed by atoms with E-state index < -0.39 is 6.04 Å². The standard InChI is InChI=1S/C17H18N4OS2/c1-10-6-7-13(11(2)9-10)18-16(22)12(3)21-15(19-20-17(21)23)14-5-4-8-24-14/h4-9,12H,1-3H3,(H,18,22)(H,20,23). The Labute approximate surface area is 149 Å². The van der Waals surface area contributed by atoms with Gasteiger partial charge >= 0.3 is 0 Å². The molecule has 0 radical (unpaired) electrons. The number of nitrogens with zero attached hydrogens (tertiary/aromatic N) is 2. The van der Waals surface area contributed by atoms with Crippen molar-refractivity contribution >= 4 is 35.1 Å². The van der Waals surface area contributed by atoms with Crippen LogP contribution in [0, 0.1) is 18.6 Å². The molecule has 1 atom stereocenters. The van der Waals surface area contributed by atoms with Crippen molar-refractivity contribution in [1.29, 1.82) is 0 Å². The number of rotatable bonds is 4. The van der Waals surface area contributed by atoms with E-state index in [0.717, 1.165) is 21.7 Å². The van der Waals surface area contributed by atoms with Gasteiger partial charge < -0.3 is 5.32 Å². The highest BCUT2D eigenvalue weighted by Gasteiger charge is 2.21. The molecular weight excluding hydrogens is 340 g/mol. The molecule has 124 valence electrons. The lowest BCUT2D eigenvalue weighted by Crippen LogP contribution is -2.24. The van der Waals surface area contributed by atoms with E-state index in [1.807, 2.05) is 56.5 Å². The molecule has 5 nitrogen and oxygen atoms in total. The minimum absolute atomic E-state index is 0.128. The molecule has 0 bridgehead atoms. The van der Waals surface area contributed by atoms with Crippen LogP contribution in [0.1, 0.15) is 24.1 Å². The van der Waals surface area contributed by atoms with Crippen LogP contribution in [0.25, 0.3) is 10.7 Å². The molecule has 2 N–H and O–H groups in total. The zero-order valence-corrected chi connectivity index (χ0v) is 15.3. The maximum Gasteiger partial charge on any atom is 0.247 e. The first-order chi connectivity index (χ1) is 11.5. The van der Waals surface area contributed by atoms with Crippen LogP contribution in [-0.4, -0.2) is 20.7 Å². The number of aromatic amines is 1. The van der Waals surface area contributed by atoms with Crippen LogP contribution in [-0.2, 0) is 4.79 Å². The van der Waals surface area contributed by atoms with Gasteiger partial charge in [0, 0.05) is 5.69 Å². The van der Waals surface area contributed by atoms with Crippen LogP contribution in [0.5, 0.6) is 0 Å². The maximum absolute atomic E-state index is 12.7. The monoisotopic (exact) mass is 358 g/mol. The number of thiophene rings is 1. The minimum Gasteiger partial charge on any atom is -0.324 e. The van der Waals surface area contributed by atoms with Crippen LogP contribution < -0.4 is 5.32 Å². The maximum atomic E-state index is 12.7. The summed E-state index contributed by atoms with van der Waals surface area (Å²) in [6.45, 7) is 5.83. The number of aromatic nitrogens is 3. The minimum atomic E-state index is -0.478. The van der Waals surface area contributed by atoms with Crippen LogP contribution in [0.4, 0.5) is 5.69 Å². The summed E-state index contributed by atoms with van der Waals surface area (Å²) in [6, 6.07) is 9.37. The molecule has 2 aromatic heterocycles. The second-order valence-corrected chi connectivity index (χ2v) is 7.02. The number of benzene rings is 1. The number of H-pyrrole nitrogens is 1. The molecule has 1 aromatic carbocycles. The van der Waals surface area contributed by atoms with E-state index in [1.165, 1.54) is 0 Å². The summed E-state index contributed by atoms with van der Waals surface area (Å²) >= 11 is 6.88. The van der Waals surface area contributed by atoms with Gasteiger partial charge in [0.05, 0.1) is 4.88 Å². The topological polar surface area (TPSA) is 62.7 Å². The van der Waals surface area contributed by atoms with E-state index in [2.05, 4.69) is 15.5 Å². The summed E-state index contributed by atoms with van der Waals surface area (Å²) in [5, 5.41) is 12.0. The van der Waals surface area contributed by atoms with Gasteiger partial charge in [-0.1, -0.05) is 23.8 Å². The van der Waals surface area contributed by atoms with Crippen molar-refractivity contribution in [3.63, 3.8) is 0 Å². The molecule has 24 heavy (non-hydrogen) atoms. The SMILES string of the molecule is Cc1ccc(NC(=O)C(C)n2c(-c3cccs3)n[nH]c2=S)c(C)c1. The first-order valence-corrected chi connectivity index (χ1v) is 8.85. The molecular formula is C17H18N4OS2. The molecule has 0 saturated carbocycles. The number of hydrogen-bond acceptors (Lipinski definition) is 4. The van der Waals surface area contributed by atoms with E-state index in [9.17, 15) is 4.79 Å². The molecule has 2 heterocycles. The Morgan fingerprint density at radius 2 is 2.17 bits per heavy atom. The lowest BCUT2D eigenvalue weighted by Gasteiger charge is -2.16. The van der Waals surface area contributed by atoms with Crippen molar-refractivity contribution in [1.82, 2.24) is 14.8 Å². The van der Waals surface area contributed by atoms with Crippen LogP contribution in [0.2, 0.25) is 0 Å². The molecule has 3 rings (SSSR count). The largest absolute Gasteiger partial charge is 0.324 e. The van der Waals surface area contributed by atoms with E-state index in [0.29, 0.717) is 10.6 Å². The van der Waals surface area contributed by atoms with Gasteiger partial charge in [-0.15, -0.1) is 11.3 Å². The predicted molar refractivity (Wildman–Crippen MR) is 100.0 cm³/mol. The first kappa shape index (κ1) is 16.6. The van der Waals surface area contributed by atoms with Gasteiger partial charge in [0.2, 0.25) is 5.91 Å². The third-order valence-corrected chi connectivity index (χ3v) is 5.01. The highest BCUT2D eigenvalue weighted by Crippen LogP contribution is 2.26. The Morgan fingerprint density at radius 3 is 2.83 bits per heavy atom. The van der Waals surface area contributed by atoms with E-state index in [4.69, 9.17) is 12.2 Å². The molecule has 0 saturated heterocycles. The number of hydrogen-bond donors (Lipinski definition) is 2. The number of carbonyl (C=O) groups excluding carboxylic acids is 1. The fourth-order valence-electron chi connectivity index (χ4n) is 2.55. The lowest BCUT2D eigenvalue weighted by atomic mass is 10.1. The van der Waals surface area contributed by atoms with E-state index >= 15 is 0 Å². The van der Waals surface area contributed by atoms with Crippen molar-refractivity contribution in [2.75, 3.05) is 5.32 Å². The van der Waals surface area contributed by atoms with Crippen molar-refractivity contribution < 1.29 is 4.79 Å². The Morgan fingerprint density at radius 1 is 1.38 bits per heavy atom. The lowest BCUT2D eigenvalue weighted by molar-refractivity contribution is -0.118. The average Bonchev–Trinajstić information content (AvgIpc) is 3.18. The highest BCUT2D eigenvalue weighted by atomic mass is 32.1. The normalized spacial score (nSPS) is 12.1. The zero-order chi connectivity index (χ0) is 17.3. The van der Waals surface area contributed by atoms with Gasteiger partial charge in [-0.25, -0.2) is 0 Å². The summed E-state index contributed by atoms with van der Waals surface area (Å²) in [7, 11) is 0. The Bertz CT molecular complexity index is 924. The Balaban J connectivity index is 1.89. The first-order valence-electron chi connectivity index (χ1n) is 7.56. The highest BCUT2D eigenvalue weighted by molar-refractivity contribution is 7.71. The van der Waals surface area contributed by atoms with Crippen molar-refractivity contribution in [2.24, 2.45) is 0 Å². The molecule has 0 aliphatic heterocycles. The third kappa shape index (κ3) is 3.18. The molecule has 0 aliphatic rings. The van der Waals surface area contributed by atoms with Crippen molar-refractivity contribution in [3.8, 4) is 10.7 Å². The van der Waals surface area contributed by atoms with Crippen molar-refractivity contribution in [3.05, 3.63) is 51.6 Å². The molecule has 0 spiro atoms. The van der Waals surface area contributed by atoms with Gasteiger partial charge in [-0.3, -0.25) is 14.5 Å². The molecule has 7 heteroatoms. The number of anilines is 1. The zero-order valence-electron chi connectivity index (χ0n) is 13.7. The molecule has 0 aliphatic carbocycles. The predicted octanol–water partition coefficient (Wildman–Crippen LogP) is 4.49. The van der Waals surface area contributed by atoms with Crippen LogP contribution >= 0.6 is 23.6 Å². The van der Waals surface area contributed by atoms with E-state index in [-0.39, 0.29) is 5.91 Å². The fourth-order valence-corrected chi connectivity index (χ4v) is 3.55. The second-order valence-electron chi connectivity index (χ2n) is 5.68. The summed E-state index contributed by atoms with van der Waals surface area (Å²) in [5.41, 5.74) is 3.01. The van der Waals surface area contributed by atoms with Crippen LogP contribution in [0.15, 0.2) is 35.7 Å². The summed E-state index contributed by atoms with van der Waals surface area (Å²) < 4.78 is 2.18. The van der Waals surface area contributed by atoms with Gasteiger partial charge in [-0.2, -0.15) is 5.10 Å². The van der Waals surface area contributed by atoms with Crippen LogP contribution in [0.3, 0.4) is 0 Å². The van der Waals surface area contributed by atoms with Crippen molar-refractivity contribution in [2.45, 2.75) is 26.8 Å². The summed E-state index contributed by atoms with van der Waals surface area (Å²) in [4.78, 5) is 13.7. The van der Waals surface area contributed by atoms with Gasteiger partial charge in [0.15, 0.2) is 10.6 Å². The van der Waals surface area contributed by atoms with E-state index in [1.54, 1.807) is 15.9 Å². The number of amides is 1. The van der Waals surface area contributed by atoms with Gasteiger partial charge in [0.25, 0.3) is 0 Å². The molecule has 3 aromatic rings. The number of nitrogens with one attached hydrogen (secondary N) is 2. The summed E-state index contributed by atoms with van der Waals surface area (Å²) in [5.74, 6) is 0.551. The molecule has 1 unspecified atom stereocenters. The average molecular weight is 358 g/mol. The molecule has 0 fully saturated rings. The Hall–Kier alpha value is -2.25. The summed E-state index contributed by atoms with van der Waals surface area (Å²) in [6.07, 6.45) is 0. The fraction of sp³-hybridized carbons (Fsp3) is 0.235. The number of aryl methyl sites for hydroxylation is 2. The van der Waals surface area contributed by atoms with Gasteiger partial charge in [-0.05, 0) is 56.1 Å². The quantitative estimate of drug-likeness (QED) is 0.676. The third-order valence-electron chi connectivity index (χ3n) is 3.85.